The summed E-state index contributed by atoms with van der Waals surface area (Å²) in [5, 5.41) is 3.43. The van der Waals surface area contributed by atoms with Crippen molar-refractivity contribution in [3.05, 3.63) is 28.7 Å². The van der Waals surface area contributed by atoms with E-state index in [1.54, 1.807) is 7.11 Å². The van der Waals surface area contributed by atoms with Crippen LogP contribution in [-0.2, 0) is 4.74 Å². The molecular weight excluding hydrogens is 292 g/mol. The summed E-state index contributed by atoms with van der Waals surface area (Å²) in [5.74, 6) is 0. The van der Waals surface area contributed by atoms with Gasteiger partial charge in [0.15, 0.2) is 0 Å². The van der Waals surface area contributed by atoms with Gasteiger partial charge in [-0.05, 0) is 31.7 Å². The predicted octanol–water partition coefficient (Wildman–Crippen LogP) is 3.22. The number of nitrogens with one attached hydrogen (secondary N) is 1. The SMILES string of the molecule is CCN(CCNc1cccc(Br)c1)C(C)COC. The Hall–Kier alpha value is -0.580. The van der Waals surface area contributed by atoms with Gasteiger partial charge in [-0.2, -0.15) is 0 Å². The van der Waals surface area contributed by atoms with Gasteiger partial charge in [0.2, 0.25) is 0 Å². The molecule has 0 amide bonds. The first-order valence-electron chi connectivity index (χ1n) is 6.39. The highest BCUT2D eigenvalue weighted by Gasteiger charge is 2.10. The van der Waals surface area contributed by atoms with Gasteiger partial charge >= 0.3 is 0 Å². The highest BCUT2D eigenvalue weighted by atomic mass is 79.9. The van der Waals surface area contributed by atoms with E-state index in [-0.39, 0.29) is 0 Å². The Morgan fingerprint density at radius 1 is 1.44 bits per heavy atom. The maximum Gasteiger partial charge on any atom is 0.0615 e. The van der Waals surface area contributed by atoms with Crippen LogP contribution in [0.3, 0.4) is 0 Å². The molecule has 4 heteroatoms. The molecule has 0 aliphatic carbocycles. The summed E-state index contributed by atoms with van der Waals surface area (Å²) in [5.41, 5.74) is 1.15. The summed E-state index contributed by atoms with van der Waals surface area (Å²) in [6.45, 7) is 8.18. The Labute approximate surface area is 119 Å². The molecule has 1 N–H and O–H groups in total. The van der Waals surface area contributed by atoms with Crippen molar-refractivity contribution < 1.29 is 4.74 Å². The smallest absolute Gasteiger partial charge is 0.0615 e. The molecule has 0 aromatic heterocycles. The third kappa shape index (κ3) is 5.38. The largest absolute Gasteiger partial charge is 0.384 e. The second-order valence-corrected chi connectivity index (χ2v) is 5.29. The Bertz CT molecular complexity index is 346. The zero-order chi connectivity index (χ0) is 13.4. The van der Waals surface area contributed by atoms with Crippen LogP contribution in [0.4, 0.5) is 5.69 Å². The van der Waals surface area contributed by atoms with Crippen molar-refractivity contribution >= 4 is 21.6 Å². The van der Waals surface area contributed by atoms with Crippen LogP contribution in [0, 0.1) is 0 Å². The standard InChI is InChI=1S/C14H23BrN2O/c1-4-17(12(2)11-18-3)9-8-16-14-7-5-6-13(15)10-14/h5-7,10,12,16H,4,8-9,11H2,1-3H3. The minimum Gasteiger partial charge on any atom is -0.384 e. The maximum atomic E-state index is 5.20. The molecule has 1 rings (SSSR count). The van der Waals surface area contributed by atoms with Crippen LogP contribution in [0.1, 0.15) is 13.8 Å². The molecule has 3 nitrogen and oxygen atoms in total. The Morgan fingerprint density at radius 3 is 2.83 bits per heavy atom. The number of ether oxygens (including phenoxy) is 1. The van der Waals surface area contributed by atoms with Crippen molar-refractivity contribution in [1.29, 1.82) is 0 Å². The van der Waals surface area contributed by atoms with E-state index in [2.05, 4.69) is 52.1 Å². The van der Waals surface area contributed by atoms with E-state index in [1.165, 1.54) is 0 Å². The van der Waals surface area contributed by atoms with Crippen LogP contribution in [0.15, 0.2) is 28.7 Å². The Balaban J connectivity index is 2.35. The second-order valence-electron chi connectivity index (χ2n) is 4.37. The van der Waals surface area contributed by atoms with Crippen molar-refractivity contribution in [1.82, 2.24) is 4.90 Å². The lowest BCUT2D eigenvalue weighted by molar-refractivity contribution is 0.105. The molecule has 0 heterocycles. The van der Waals surface area contributed by atoms with Gasteiger partial charge in [0.1, 0.15) is 0 Å². The number of nitrogens with zero attached hydrogens (tertiary/aromatic N) is 1. The van der Waals surface area contributed by atoms with E-state index in [4.69, 9.17) is 4.74 Å². The van der Waals surface area contributed by atoms with E-state index in [1.807, 2.05) is 12.1 Å². The lowest BCUT2D eigenvalue weighted by atomic mass is 10.3. The molecule has 18 heavy (non-hydrogen) atoms. The van der Waals surface area contributed by atoms with Crippen molar-refractivity contribution in [3.8, 4) is 0 Å². The fourth-order valence-electron chi connectivity index (χ4n) is 1.98. The summed E-state index contributed by atoms with van der Waals surface area (Å²) in [4.78, 5) is 2.41. The molecule has 102 valence electrons. The average Bonchev–Trinajstić information content (AvgIpc) is 2.35. The van der Waals surface area contributed by atoms with Gasteiger partial charge in [0.05, 0.1) is 6.61 Å². The predicted molar refractivity (Wildman–Crippen MR) is 81.2 cm³/mol. The van der Waals surface area contributed by atoms with Crippen LogP contribution in [0.25, 0.3) is 0 Å². The summed E-state index contributed by atoms with van der Waals surface area (Å²) in [6, 6.07) is 8.71. The number of likely N-dealkylation sites (N-methyl/N-ethyl adjacent to an activating group) is 1. The molecule has 0 saturated carbocycles. The van der Waals surface area contributed by atoms with Crippen LogP contribution in [-0.4, -0.2) is 44.3 Å². The van der Waals surface area contributed by atoms with Crippen LogP contribution < -0.4 is 5.32 Å². The number of rotatable bonds is 8. The molecule has 0 radical (unpaired) electrons. The van der Waals surface area contributed by atoms with Gasteiger partial charge in [-0.1, -0.05) is 28.9 Å². The molecule has 0 fully saturated rings. The number of anilines is 1. The Kier molecular flexibility index (Phi) is 7.32. The topological polar surface area (TPSA) is 24.5 Å². The molecule has 0 spiro atoms. The van der Waals surface area contributed by atoms with Crippen molar-refractivity contribution in [3.63, 3.8) is 0 Å². The lowest BCUT2D eigenvalue weighted by Crippen LogP contribution is -2.39. The minimum absolute atomic E-state index is 0.462. The van der Waals surface area contributed by atoms with Gasteiger partial charge in [-0.3, -0.25) is 4.90 Å². The third-order valence-electron chi connectivity index (χ3n) is 2.99. The summed E-state index contributed by atoms with van der Waals surface area (Å²) < 4.78 is 6.30. The quantitative estimate of drug-likeness (QED) is 0.797. The maximum absolute atomic E-state index is 5.20. The number of benzene rings is 1. The minimum atomic E-state index is 0.462. The molecule has 1 unspecified atom stereocenters. The highest BCUT2D eigenvalue weighted by Crippen LogP contribution is 2.15. The summed E-state index contributed by atoms with van der Waals surface area (Å²) in [7, 11) is 1.75. The number of halogens is 1. The first kappa shape index (κ1) is 15.5. The van der Waals surface area contributed by atoms with Gasteiger partial charge in [-0.25, -0.2) is 0 Å². The molecular formula is C14H23BrN2O. The molecule has 1 aromatic carbocycles. The average molecular weight is 315 g/mol. The monoisotopic (exact) mass is 314 g/mol. The van der Waals surface area contributed by atoms with Gasteiger partial charge < -0.3 is 10.1 Å². The zero-order valence-corrected chi connectivity index (χ0v) is 13.0. The van der Waals surface area contributed by atoms with E-state index >= 15 is 0 Å². The van der Waals surface area contributed by atoms with Gasteiger partial charge in [0, 0.05) is 36.4 Å². The first-order chi connectivity index (χ1) is 8.67. The molecule has 0 aliphatic heterocycles. The van der Waals surface area contributed by atoms with Crippen LogP contribution >= 0.6 is 15.9 Å². The highest BCUT2D eigenvalue weighted by molar-refractivity contribution is 9.10. The van der Waals surface area contributed by atoms with Crippen LogP contribution in [0.5, 0.6) is 0 Å². The number of methoxy groups -OCH3 is 1. The zero-order valence-electron chi connectivity index (χ0n) is 11.4. The first-order valence-corrected chi connectivity index (χ1v) is 7.19. The van der Waals surface area contributed by atoms with E-state index < -0.39 is 0 Å². The normalized spacial score (nSPS) is 12.7. The molecule has 0 saturated heterocycles. The second kappa shape index (κ2) is 8.51. The summed E-state index contributed by atoms with van der Waals surface area (Å²) >= 11 is 3.47. The molecule has 0 bridgehead atoms. The lowest BCUT2D eigenvalue weighted by Gasteiger charge is -2.27. The molecule has 1 aromatic rings. The fraction of sp³-hybridized carbons (Fsp3) is 0.571. The van der Waals surface area contributed by atoms with Crippen molar-refractivity contribution in [2.45, 2.75) is 19.9 Å². The molecule has 0 aliphatic rings. The van der Waals surface area contributed by atoms with E-state index in [9.17, 15) is 0 Å². The fourth-order valence-corrected chi connectivity index (χ4v) is 2.38. The van der Waals surface area contributed by atoms with Crippen molar-refractivity contribution in [2.24, 2.45) is 0 Å². The Morgan fingerprint density at radius 2 is 2.22 bits per heavy atom. The molecule has 1 atom stereocenters. The van der Waals surface area contributed by atoms with Crippen molar-refractivity contribution in [2.75, 3.05) is 38.7 Å². The van der Waals surface area contributed by atoms with Crippen LogP contribution in [0.2, 0.25) is 0 Å². The number of hydrogen-bond acceptors (Lipinski definition) is 3. The third-order valence-corrected chi connectivity index (χ3v) is 3.48. The van der Waals surface area contributed by atoms with E-state index in [0.29, 0.717) is 6.04 Å². The number of hydrogen-bond donors (Lipinski definition) is 1. The van der Waals surface area contributed by atoms with Gasteiger partial charge in [-0.15, -0.1) is 0 Å². The van der Waals surface area contributed by atoms with E-state index in [0.717, 1.165) is 36.4 Å². The van der Waals surface area contributed by atoms with Gasteiger partial charge in [0.25, 0.3) is 0 Å². The summed E-state index contributed by atoms with van der Waals surface area (Å²) in [6.07, 6.45) is 0.